The summed E-state index contributed by atoms with van der Waals surface area (Å²) < 4.78 is 1.59. The number of amides is 1. The second-order valence-corrected chi connectivity index (χ2v) is 5.70. The van der Waals surface area contributed by atoms with Crippen molar-refractivity contribution in [1.82, 2.24) is 14.8 Å². The zero-order chi connectivity index (χ0) is 14.8. The zero-order valence-corrected chi connectivity index (χ0v) is 12.1. The molecule has 21 heavy (non-hydrogen) atoms. The fraction of sp³-hybridized carbons (Fsp3) is 0.357. The highest BCUT2D eigenvalue weighted by Gasteiger charge is 2.28. The van der Waals surface area contributed by atoms with Crippen LogP contribution < -0.4 is 11.1 Å². The molecule has 6 nitrogen and oxygen atoms in total. The lowest BCUT2D eigenvalue weighted by Gasteiger charge is -2.14. The van der Waals surface area contributed by atoms with Gasteiger partial charge in [0.05, 0.1) is 11.4 Å². The summed E-state index contributed by atoms with van der Waals surface area (Å²) in [5.41, 5.74) is 7.22. The first-order chi connectivity index (χ1) is 10.1. The summed E-state index contributed by atoms with van der Waals surface area (Å²) in [6, 6.07) is 5.38. The maximum atomic E-state index is 12.3. The normalized spacial score (nSPS) is 21.4. The van der Waals surface area contributed by atoms with Gasteiger partial charge in [0.2, 0.25) is 5.91 Å². The van der Waals surface area contributed by atoms with Gasteiger partial charge in [-0.25, -0.2) is 9.67 Å². The molecule has 0 bridgehead atoms. The molecule has 7 heteroatoms. The number of carbonyl (C=O) groups excluding carboxylic acids is 1. The van der Waals surface area contributed by atoms with Crippen molar-refractivity contribution in [3.63, 3.8) is 0 Å². The number of hydrogen-bond donors (Lipinski definition) is 2. The molecule has 1 saturated carbocycles. The Bertz CT molecular complexity index is 643. The minimum absolute atomic E-state index is 0.0217. The number of benzene rings is 1. The Morgan fingerprint density at radius 1 is 1.43 bits per heavy atom. The van der Waals surface area contributed by atoms with Crippen LogP contribution in [-0.2, 0) is 4.79 Å². The monoisotopic (exact) mass is 305 g/mol. The number of nitrogens with zero attached hydrogens (tertiary/aromatic N) is 3. The molecule has 2 atom stereocenters. The molecule has 0 aliphatic heterocycles. The zero-order valence-electron chi connectivity index (χ0n) is 11.4. The first-order valence-electron chi connectivity index (χ1n) is 6.84. The van der Waals surface area contributed by atoms with Gasteiger partial charge in [0.25, 0.3) is 0 Å². The van der Waals surface area contributed by atoms with Gasteiger partial charge in [-0.1, -0.05) is 11.6 Å². The van der Waals surface area contributed by atoms with Gasteiger partial charge in [0.15, 0.2) is 0 Å². The van der Waals surface area contributed by atoms with E-state index >= 15 is 0 Å². The van der Waals surface area contributed by atoms with Crippen LogP contribution in [0, 0.1) is 5.92 Å². The van der Waals surface area contributed by atoms with E-state index in [1.807, 2.05) is 0 Å². The van der Waals surface area contributed by atoms with Crippen molar-refractivity contribution in [2.75, 3.05) is 5.32 Å². The summed E-state index contributed by atoms with van der Waals surface area (Å²) >= 11 is 6.03. The van der Waals surface area contributed by atoms with Crippen LogP contribution >= 0.6 is 11.6 Å². The van der Waals surface area contributed by atoms with E-state index in [-0.39, 0.29) is 17.9 Å². The predicted octanol–water partition coefficient (Wildman–Crippen LogP) is 1.99. The van der Waals surface area contributed by atoms with Crippen LogP contribution in [0.25, 0.3) is 5.69 Å². The Balaban J connectivity index is 1.84. The average Bonchev–Trinajstić information content (AvgIpc) is 3.10. The quantitative estimate of drug-likeness (QED) is 0.908. The van der Waals surface area contributed by atoms with Gasteiger partial charge in [0, 0.05) is 17.0 Å². The number of nitrogens with one attached hydrogen (secondary N) is 1. The fourth-order valence-electron chi connectivity index (χ4n) is 2.63. The summed E-state index contributed by atoms with van der Waals surface area (Å²) in [4.78, 5) is 16.3. The molecule has 110 valence electrons. The number of anilines is 1. The van der Waals surface area contributed by atoms with E-state index in [1.54, 1.807) is 29.2 Å². The molecule has 0 radical (unpaired) electrons. The van der Waals surface area contributed by atoms with Gasteiger partial charge in [0.1, 0.15) is 12.7 Å². The maximum absolute atomic E-state index is 12.3. The molecule has 3 N–H and O–H groups in total. The molecule has 1 aliphatic carbocycles. The van der Waals surface area contributed by atoms with Crippen molar-refractivity contribution in [1.29, 1.82) is 0 Å². The molecule has 1 aliphatic rings. The van der Waals surface area contributed by atoms with Gasteiger partial charge in [-0.05, 0) is 37.5 Å². The van der Waals surface area contributed by atoms with Crippen LogP contribution in [0.1, 0.15) is 19.3 Å². The van der Waals surface area contributed by atoms with E-state index in [4.69, 9.17) is 17.3 Å². The van der Waals surface area contributed by atoms with Gasteiger partial charge in [-0.2, -0.15) is 5.10 Å². The summed E-state index contributed by atoms with van der Waals surface area (Å²) in [7, 11) is 0. The van der Waals surface area contributed by atoms with Crippen LogP contribution in [0.4, 0.5) is 5.69 Å². The number of nitrogens with two attached hydrogens (primary N) is 1. The van der Waals surface area contributed by atoms with Crippen molar-refractivity contribution in [3.05, 3.63) is 35.9 Å². The number of aromatic nitrogens is 3. The van der Waals surface area contributed by atoms with Gasteiger partial charge in [-0.3, -0.25) is 4.79 Å². The van der Waals surface area contributed by atoms with E-state index in [0.29, 0.717) is 10.7 Å². The highest BCUT2D eigenvalue weighted by Crippen LogP contribution is 2.28. The van der Waals surface area contributed by atoms with Crippen LogP contribution in [0.15, 0.2) is 30.9 Å². The van der Waals surface area contributed by atoms with Gasteiger partial charge in [-0.15, -0.1) is 0 Å². The summed E-state index contributed by atoms with van der Waals surface area (Å²) in [6.07, 6.45) is 5.46. The van der Waals surface area contributed by atoms with Crippen molar-refractivity contribution >= 4 is 23.2 Å². The van der Waals surface area contributed by atoms with Crippen molar-refractivity contribution in [3.8, 4) is 5.69 Å². The molecule has 3 rings (SSSR count). The Morgan fingerprint density at radius 3 is 2.95 bits per heavy atom. The average molecular weight is 306 g/mol. The summed E-state index contributed by atoms with van der Waals surface area (Å²) in [5.74, 6) is -0.0610. The van der Waals surface area contributed by atoms with Crippen molar-refractivity contribution < 1.29 is 4.79 Å². The van der Waals surface area contributed by atoms with Gasteiger partial charge < -0.3 is 11.1 Å². The smallest absolute Gasteiger partial charge is 0.227 e. The lowest BCUT2D eigenvalue weighted by atomic mass is 10.1. The van der Waals surface area contributed by atoms with Crippen molar-refractivity contribution in [2.24, 2.45) is 11.7 Å². The Kier molecular flexibility index (Phi) is 3.90. The number of hydrogen-bond acceptors (Lipinski definition) is 4. The Hall–Kier alpha value is -1.92. The highest BCUT2D eigenvalue weighted by molar-refractivity contribution is 6.31. The topological polar surface area (TPSA) is 85.8 Å². The molecular formula is C14H16ClN5O. The SMILES string of the molecule is NC1CCC(C(=O)Nc2cc(Cl)ccc2-n2cncn2)C1. The highest BCUT2D eigenvalue weighted by atomic mass is 35.5. The van der Waals surface area contributed by atoms with Gasteiger partial charge >= 0.3 is 0 Å². The van der Waals surface area contributed by atoms with E-state index in [9.17, 15) is 4.79 Å². The third kappa shape index (κ3) is 3.06. The molecule has 1 aromatic heterocycles. The molecule has 2 aromatic rings. The standard InChI is InChI=1S/C14H16ClN5O/c15-10-2-4-13(20-8-17-7-18-20)12(6-10)19-14(21)9-1-3-11(16)5-9/h2,4,6-9,11H,1,3,5,16H2,(H,19,21). The van der Waals surface area contributed by atoms with Crippen LogP contribution in [0.5, 0.6) is 0 Å². The lowest BCUT2D eigenvalue weighted by Crippen LogP contribution is -2.23. The van der Waals surface area contributed by atoms with E-state index in [2.05, 4.69) is 15.4 Å². The minimum atomic E-state index is -0.0393. The van der Waals surface area contributed by atoms with E-state index in [0.717, 1.165) is 24.9 Å². The summed E-state index contributed by atoms with van der Waals surface area (Å²) in [6.45, 7) is 0. The molecule has 1 amide bonds. The third-order valence-electron chi connectivity index (χ3n) is 3.73. The number of carbonyl (C=O) groups is 1. The first-order valence-corrected chi connectivity index (χ1v) is 7.22. The van der Waals surface area contributed by atoms with Crippen LogP contribution in [-0.4, -0.2) is 26.7 Å². The fourth-order valence-corrected chi connectivity index (χ4v) is 2.80. The van der Waals surface area contributed by atoms with E-state index < -0.39 is 0 Å². The largest absolute Gasteiger partial charge is 0.328 e. The minimum Gasteiger partial charge on any atom is -0.328 e. The Labute approximate surface area is 127 Å². The molecule has 0 spiro atoms. The number of halogens is 1. The predicted molar refractivity (Wildman–Crippen MR) is 80.3 cm³/mol. The molecule has 2 unspecified atom stereocenters. The number of rotatable bonds is 3. The lowest BCUT2D eigenvalue weighted by molar-refractivity contribution is -0.119. The van der Waals surface area contributed by atoms with Crippen LogP contribution in [0.2, 0.25) is 5.02 Å². The molecule has 1 heterocycles. The maximum Gasteiger partial charge on any atom is 0.227 e. The molecular weight excluding hydrogens is 290 g/mol. The molecule has 1 aromatic carbocycles. The summed E-state index contributed by atoms with van der Waals surface area (Å²) in [5, 5.41) is 7.57. The molecule has 1 fully saturated rings. The third-order valence-corrected chi connectivity index (χ3v) is 3.96. The van der Waals surface area contributed by atoms with Crippen molar-refractivity contribution in [2.45, 2.75) is 25.3 Å². The van der Waals surface area contributed by atoms with E-state index in [1.165, 1.54) is 6.33 Å². The van der Waals surface area contributed by atoms with Crippen LogP contribution in [0.3, 0.4) is 0 Å². The second kappa shape index (κ2) is 5.83. The Morgan fingerprint density at radius 2 is 2.29 bits per heavy atom. The second-order valence-electron chi connectivity index (χ2n) is 5.26. The first kappa shape index (κ1) is 14.0. The molecule has 0 saturated heterocycles.